The first-order valence-corrected chi connectivity index (χ1v) is 6.20. The zero-order valence-electron chi connectivity index (χ0n) is 10.6. The van der Waals surface area contributed by atoms with Crippen LogP contribution in [0, 0.1) is 0 Å². The van der Waals surface area contributed by atoms with E-state index in [0.717, 1.165) is 24.4 Å². The van der Waals surface area contributed by atoms with Crippen LogP contribution in [0.4, 0.5) is 5.69 Å². The molecule has 0 radical (unpaired) electrons. The van der Waals surface area contributed by atoms with Crippen LogP contribution >= 0.6 is 11.6 Å². The lowest BCUT2D eigenvalue weighted by atomic mass is 10.1. The molecule has 0 fully saturated rings. The predicted molar refractivity (Wildman–Crippen MR) is 71.8 cm³/mol. The Morgan fingerprint density at radius 2 is 2.18 bits per heavy atom. The summed E-state index contributed by atoms with van der Waals surface area (Å²) in [5.74, 6) is 0. The highest BCUT2D eigenvalue weighted by Crippen LogP contribution is 2.28. The average Bonchev–Trinajstić information content (AvgIpc) is 2.28. The molecule has 0 spiro atoms. The maximum Gasteiger partial charge on any atom is 0.0762 e. The van der Waals surface area contributed by atoms with E-state index in [1.807, 2.05) is 31.0 Å². The summed E-state index contributed by atoms with van der Waals surface area (Å²) in [6.45, 7) is 5.90. The van der Waals surface area contributed by atoms with E-state index in [4.69, 9.17) is 16.3 Å². The maximum atomic E-state index is 9.46. The van der Waals surface area contributed by atoms with Gasteiger partial charge in [0.1, 0.15) is 0 Å². The second-order valence-corrected chi connectivity index (χ2v) is 4.41. The van der Waals surface area contributed by atoms with E-state index >= 15 is 0 Å². The van der Waals surface area contributed by atoms with Gasteiger partial charge in [0.15, 0.2) is 0 Å². The standard InChI is InChI=1S/C13H20ClNO2/c1-4-17-8-7-15(3)13-6-5-11(10(2)16)9-12(13)14/h5-6,9-10,16H,4,7-8H2,1-3H3/t10-/m1/s1. The number of ether oxygens (including phenoxy) is 1. The summed E-state index contributed by atoms with van der Waals surface area (Å²) in [5, 5.41) is 10.1. The molecule has 1 atom stereocenters. The maximum absolute atomic E-state index is 9.46. The van der Waals surface area contributed by atoms with Crippen LogP contribution in [-0.2, 0) is 4.74 Å². The third kappa shape index (κ3) is 4.19. The number of hydrogen-bond donors (Lipinski definition) is 1. The first-order chi connectivity index (χ1) is 8.06. The molecule has 1 aromatic rings. The molecule has 0 aliphatic carbocycles. The summed E-state index contributed by atoms with van der Waals surface area (Å²) in [5.41, 5.74) is 1.78. The highest BCUT2D eigenvalue weighted by molar-refractivity contribution is 6.33. The quantitative estimate of drug-likeness (QED) is 0.796. The predicted octanol–water partition coefficient (Wildman–Crippen LogP) is 2.87. The second-order valence-electron chi connectivity index (χ2n) is 4.01. The Balaban J connectivity index is 2.70. The summed E-state index contributed by atoms with van der Waals surface area (Å²) >= 11 is 6.19. The molecule has 0 aromatic heterocycles. The second kappa shape index (κ2) is 6.84. The first-order valence-electron chi connectivity index (χ1n) is 5.82. The van der Waals surface area contributed by atoms with Crippen molar-refractivity contribution in [3.63, 3.8) is 0 Å². The van der Waals surface area contributed by atoms with E-state index in [0.29, 0.717) is 11.6 Å². The molecular formula is C13H20ClNO2. The minimum Gasteiger partial charge on any atom is -0.389 e. The largest absolute Gasteiger partial charge is 0.389 e. The van der Waals surface area contributed by atoms with Gasteiger partial charge in [-0.25, -0.2) is 0 Å². The molecule has 0 unspecified atom stereocenters. The number of halogens is 1. The van der Waals surface area contributed by atoms with Crippen LogP contribution in [0.5, 0.6) is 0 Å². The zero-order valence-corrected chi connectivity index (χ0v) is 11.4. The lowest BCUT2D eigenvalue weighted by molar-refractivity contribution is 0.154. The van der Waals surface area contributed by atoms with Gasteiger partial charge in [0.05, 0.1) is 23.4 Å². The van der Waals surface area contributed by atoms with Crippen LogP contribution in [-0.4, -0.2) is 31.9 Å². The molecule has 0 bridgehead atoms. The molecular weight excluding hydrogens is 238 g/mol. The Hall–Kier alpha value is -0.770. The number of benzene rings is 1. The smallest absolute Gasteiger partial charge is 0.0762 e. The van der Waals surface area contributed by atoms with Crippen LogP contribution in [0.3, 0.4) is 0 Å². The molecule has 1 aromatic carbocycles. The van der Waals surface area contributed by atoms with E-state index < -0.39 is 6.10 Å². The number of nitrogens with zero attached hydrogens (tertiary/aromatic N) is 1. The Kier molecular flexibility index (Phi) is 5.75. The summed E-state index contributed by atoms with van der Waals surface area (Å²) < 4.78 is 5.30. The molecule has 3 nitrogen and oxygen atoms in total. The van der Waals surface area contributed by atoms with Gasteiger partial charge in [0.2, 0.25) is 0 Å². The van der Waals surface area contributed by atoms with Crippen molar-refractivity contribution in [2.24, 2.45) is 0 Å². The van der Waals surface area contributed by atoms with Gasteiger partial charge in [-0.05, 0) is 31.5 Å². The van der Waals surface area contributed by atoms with Crippen molar-refractivity contribution >= 4 is 17.3 Å². The minimum atomic E-state index is -0.490. The third-order valence-electron chi connectivity index (χ3n) is 2.64. The van der Waals surface area contributed by atoms with Crippen LogP contribution in [0.15, 0.2) is 18.2 Å². The summed E-state index contributed by atoms with van der Waals surface area (Å²) in [6.07, 6.45) is -0.490. The fourth-order valence-electron chi connectivity index (χ4n) is 1.56. The van der Waals surface area contributed by atoms with E-state index in [2.05, 4.69) is 0 Å². The highest BCUT2D eigenvalue weighted by atomic mass is 35.5. The van der Waals surface area contributed by atoms with Crippen molar-refractivity contribution in [2.45, 2.75) is 20.0 Å². The highest BCUT2D eigenvalue weighted by Gasteiger charge is 2.08. The summed E-state index contributed by atoms with van der Waals surface area (Å²) in [7, 11) is 1.97. The van der Waals surface area contributed by atoms with Crippen molar-refractivity contribution in [1.82, 2.24) is 0 Å². The number of rotatable bonds is 6. The van der Waals surface area contributed by atoms with Gasteiger partial charge in [-0.15, -0.1) is 0 Å². The van der Waals surface area contributed by atoms with Crippen LogP contribution in [0.2, 0.25) is 5.02 Å². The number of anilines is 1. The molecule has 17 heavy (non-hydrogen) atoms. The monoisotopic (exact) mass is 257 g/mol. The normalized spacial score (nSPS) is 12.5. The number of aliphatic hydroxyl groups is 1. The summed E-state index contributed by atoms with van der Waals surface area (Å²) in [6, 6.07) is 5.62. The molecule has 0 aliphatic rings. The number of hydrogen-bond acceptors (Lipinski definition) is 3. The van der Waals surface area contributed by atoms with Gasteiger partial charge >= 0.3 is 0 Å². The lowest BCUT2D eigenvalue weighted by Gasteiger charge is -2.21. The van der Waals surface area contributed by atoms with Crippen molar-refractivity contribution in [3.05, 3.63) is 28.8 Å². The fourth-order valence-corrected chi connectivity index (χ4v) is 1.89. The Morgan fingerprint density at radius 3 is 2.71 bits per heavy atom. The van der Waals surface area contributed by atoms with Gasteiger partial charge in [0.25, 0.3) is 0 Å². The molecule has 0 aliphatic heterocycles. The van der Waals surface area contributed by atoms with E-state index in [1.54, 1.807) is 13.0 Å². The van der Waals surface area contributed by atoms with E-state index in [-0.39, 0.29) is 0 Å². The van der Waals surface area contributed by atoms with Gasteiger partial charge in [-0.2, -0.15) is 0 Å². The Bertz CT molecular complexity index is 355. The van der Waals surface area contributed by atoms with Gasteiger partial charge in [-0.3, -0.25) is 0 Å². The molecule has 1 rings (SSSR count). The topological polar surface area (TPSA) is 32.7 Å². The number of aliphatic hydroxyl groups excluding tert-OH is 1. The Labute approximate surface area is 108 Å². The van der Waals surface area contributed by atoms with Crippen LogP contribution in [0.25, 0.3) is 0 Å². The lowest BCUT2D eigenvalue weighted by Crippen LogP contribution is -2.22. The van der Waals surface area contributed by atoms with Gasteiger partial charge < -0.3 is 14.7 Å². The molecule has 0 saturated carbocycles. The van der Waals surface area contributed by atoms with E-state index in [9.17, 15) is 5.11 Å². The van der Waals surface area contributed by atoms with Gasteiger partial charge in [0, 0.05) is 20.2 Å². The molecule has 4 heteroatoms. The molecule has 1 N–H and O–H groups in total. The minimum absolute atomic E-state index is 0.490. The SMILES string of the molecule is CCOCCN(C)c1ccc([C@@H](C)O)cc1Cl. The van der Waals surface area contributed by atoms with Crippen molar-refractivity contribution in [2.75, 3.05) is 31.7 Å². The number of likely N-dealkylation sites (N-methyl/N-ethyl adjacent to an activating group) is 1. The van der Waals surface area contributed by atoms with Crippen LogP contribution < -0.4 is 4.90 Å². The van der Waals surface area contributed by atoms with E-state index in [1.165, 1.54) is 0 Å². The van der Waals surface area contributed by atoms with Crippen molar-refractivity contribution < 1.29 is 9.84 Å². The average molecular weight is 258 g/mol. The molecule has 96 valence electrons. The van der Waals surface area contributed by atoms with Crippen molar-refractivity contribution in [3.8, 4) is 0 Å². The first kappa shape index (κ1) is 14.3. The van der Waals surface area contributed by atoms with Crippen molar-refractivity contribution in [1.29, 1.82) is 0 Å². The molecule has 0 heterocycles. The zero-order chi connectivity index (χ0) is 12.8. The fraction of sp³-hybridized carbons (Fsp3) is 0.538. The molecule has 0 amide bonds. The van der Waals surface area contributed by atoms with Gasteiger partial charge in [-0.1, -0.05) is 17.7 Å². The molecule has 0 saturated heterocycles. The summed E-state index contributed by atoms with van der Waals surface area (Å²) in [4.78, 5) is 2.05. The Morgan fingerprint density at radius 1 is 1.47 bits per heavy atom. The third-order valence-corrected chi connectivity index (χ3v) is 2.94. The van der Waals surface area contributed by atoms with Crippen LogP contribution in [0.1, 0.15) is 25.5 Å².